The van der Waals surface area contributed by atoms with Crippen molar-refractivity contribution in [1.29, 1.82) is 0 Å². The van der Waals surface area contributed by atoms with Crippen molar-refractivity contribution in [2.45, 2.75) is 35.0 Å². The summed E-state index contributed by atoms with van der Waals surface area (Å²) in [5.74, 6) is 4.07. The van der Waals surface area contributed by atoms with Crippen molar-refractivity contribution in [3.05, 3.63) is 191 Å². The molecule has 0 unspecified atom stereocenters. The van der Waals surface area contributed by atoms with Crippen LogP contribution in [0.1, 0.15) is 33.4 Å². The van der Waals surface area contributed by atoms with Crippen molar-refractivity contribution in [1.82, 2.24) is 29.7 Å². The smallest absolute Gasteiger partial charge is 0.212 e. The van der Waals surface area contributed by atoms with Crippen LogP contribution in [0, 0.1) is 0 Å². The summed E-state index contributed by atoms with van der Waals surface area (Å²) in [6.45, 7) is 0.736. The maximum absolute atomic E-state index is 6.41. The van der Waals surface area contributed by atoms with Gasteiger partial charge < -0.3 is 9.47 Å². The van der Waals surface area contributed by atoms with Gasteiger partial charge in [0.1, 0.15) is 24.7 Å². The molecule has 0 saturated heterocycles. The molecule has 284 valence electrons. The van der Waals surface area contributed by atoms with Crippen LogP contribution in [0.5, 0.6) is 11.5 Å². The van der Waals surface area contributed by atoms with Gasteiger partial charge in [-0.05, 0) is 52.6 Å². The van der Waals surface area contributed by atoms with Crippen LogP contribution in [-0.4, -0.2) is 42.2 Å². The van der Waals surface area contributed by atoms with Gasteiger partial charge >= 0.3 is 0 Å². The predicted molar refractivity (Wildman–Crippen MR) is 230 cm³/mol. The van der Waals surface area contributed by atoms with E-state index < -0.39 is 0 Å². The summed E-state index contributed by atoms with van der Waals surface area (Å²) in [5.41, 5.74) is 7.83. The van der Waals surface area contributed by atoms with E-state index in [4.69, 9.17) is 19.7 Å². The van der Waals surface area contributed by atoms with Gasteiger partial charge in [0, 0.05) is 33.8 Å². The maximum Gasteiger partial charge on any atom is 0.212 e. The summed E-state index contributed by atoms with van der Waals surface area (Å²) < 4.78 is 16.4. The Morgan fingerprint density at radius 3 is 1.31 bits per heavy atom. The lowest BCUT2D eigenvalue weighted by atomic mass is 10.1. The lowest BCUT2D eigenvalue weighted by Crippen LogP contribution is -2.03. The van der Waals surface area contributed by atoms with E-state index in [2.05, 4.69) is 62.9 Å². The summed E-state index contributed by atoms with van der Waals surface area (Å²) in [7, 11) is 0. The van der Waals surface area contributed by atoms with Crippen molar-refractivity contribution in [2.24, 2.45) is 10.2 Å². The van der Waals surface area contributed by atoms with Gasteiger partial charge in [0.2, 0.25) is 10.3 Å². The first-order valence-corrected chi connectivity index (χ1v) is 20.7. The zero-order chi connectivity index (χ0) is 38.9. The highest BCUT2D eigenvalue weighted by molar-refractivity contribution is 7.98. The molecular formula is C46H36N8O2S2. The van der Waals surface area contributed by atoms with Crippen molar-refractivity contribution in [3.63, 3.8) is 0 Å². The third kappa shape index (κ3) is 8.63. The van der Waals surface area contributed by atoms with Crippen LogP contribution in [0.15, 0.2) is 178 Å². The van der Waals surface area contributed by atoms with Gasteiger partial charge in [-0.25, -0.2) is 0 Å². The molecule has 8 aromatic rings. The molecule has 6 aromatic carbocycles. The van der Waals surface area contributed by atoms with Crippen molar-refractivity contribution in [3.8, 4) is 34.3 Å². The molecule has 0 atom stereocenters. The van der Waals surface area contributed by atoms with E-state index in [1.807, 2.05) is 128 Å². The number of hydrogen-bond donors (Lipinski definition) is 0. The number of aromatic nitrogens is 6. The highest BCUT2D eigenvalue weighted by Crippen LogP contribution is 2.30. The number of ether oxygens (including phenoxy) is 2. The molecule has 0 fully saturated rings. The minimum atomic E-state index is 0.368. The first-order chi connectivity index (χ1) is 28.7. The SMILES string of the molecule is C1=N/n2c(nnc2-c2ccccc2)SCc2cccc(c2)CSc2nnc(-c3ccccc3)n2/N=C/c2ccccc2OCc2cccc(c2)COc2ccccc2/1. The number of rotatable bonds is 2. The third-order valence-corrected chi connectivity index (χ3v) is 11.2. The molecule has 9 rings (SSSR count). The van der Waals surface area contributed by atoms with E-state index in [9.17, 15) is 0 Å². The fraction of sp³-hybridized carbons (Fsp3) is 0.0870. The first-order valence-electron chi connectivity index (χ1n) is 18.7. The van der Waals surface area contributed by atoms with Gasteiger partial charge in [0.25, 0.3) is 0 Å². The topological polar surface area (TPSA) is 105 Å². The van der Waals surface area contributed by atoms with Crippen LogP contribution in [-0.2, 0) is 24.7 Å². The molecule has 0 amide bonds. The Bertz CT molecular complexity index is 2540. The van der Waals surface area contributed by atoms with E-state index in [1.165, 1.54) is 0 Å². The Morgan fingerprint density at radius 1 is 0.414 bits per heavy atom. The molecule has 0 aliphatic carbocycles. The number of thioether (sulfide) groups is 2. The average Bonchev–Trinajstić information content (AvgIpc) is 3.89. The molecule has 0 N–H and O–H groups in total. The zero-order valence-electron chi connectivity index (χ0n) is 31.2. The lowest BCUT2D eigenvalue weighted by Gasteiger charge is -2.12. The molecule has 1 aliphatic rings. The molecule has 12 heteroatoms. The summed E-state index contributed by atoms with van der Waals surface area (Å²) in [6.07, 6.45) is 3.62. The van der Waals surface area contributed by atoms with Crippen molar-refractivity contribution >= 4 is 36.0 Å². The van der Waals surface area contributed by atoms with E-state index >= 15 is 0 Å². The number of para-hydroxylation sites is 2. The number of fused-ring (bicyclic) bond motifs is 8. The van der Waals surface area contributed by atoms with Gasteiger partial charge in [-0.3, -0.25) is 0 Å². The summed E-state index contributed by atoms with van der Waals surface area (Å²) >= 11 is 3.17. The molecule has 0 spiro atoms. The van der Waals surface area contributed by atoms with Crippen LogP contribution in [0.2, 0.25) is 0 Å². The van der Waals surface area contributed by atoms with Crippen LogP contribution in [0.4, 0.5) is 0 Å². The summed E-state index contributed by atoms with van der Waals surface area (Å²) in [5, 5.41) is 29.6. The molecule has 10 nitrogen and oxygen atoms in total. The van der Waals surface area contributed by atoms with Gasteiger partial charge in [-0.2, -0.15) is 19.6 Å². The molecule has 4 bridgehead atoms. The monoisotopic (exact) mass is 796 g/mol. The minimum Gasteiger partial charge on any atom is -0.488 e. The standard InChI is InChI=1S/C46H36N8O2S2/c1-3-17-37(18-4-1)43-49-51-45-53(43)47-27-39-21-7-9-23-41(39)55-29-33-13-11-14-34(25-33)30-56-42-24-10-8-22-40(42)28-48-54-44(38-19-5-2-6-20-38)50-52-46(54)58-32-36-16-12-15-35(26-36)31-57-45/h1-28H,29-32H2/b47-27+,48-28+. The fourth-order valence-electron chi connectivity index (χ4n) is 6.37. The average molecular weight is 797 g/mol. The maximum atomic E-state index is 6.41. The van der Waals surface area contributed by atoms with Crippen LogP contribution in [0.3, 0.4) is 0 Å². The molecule has 3 heterocycles. The molecule has 0 saturated carbocycles. The highest BCUT2D eigenvalue weighted by Gasteiger charge is 2.17. The van der Waals surface area contributed by atoms with Crippen molar-refractivity contribution in [2.75, 3.05) is 0 Å². The fourth-order valence-corrected chi connectivity index (χ4v) is 8.03. The quantitative estimate of drug-likeness (QED) is 0.170. The van der Waals surface area contributed by atoms with Gasteiger partial charge in [0.15, 0.2) is 11.6 Å². The number of nitrogens with zero attached hydrogens (tertiary/aromatic N) is 8. The van der Waals surface area contributed by atoms with Gasteiger partial charge in [-0.15, -0.1) is 20.4 Å². The Morgan fingerprint density at radius 2 is 0.828 bits per heavy atom. The predicted octanol–water partition coefficient (Wildman–Crippen LogP) is 10.0. The number of benzene rings is 6. The third-order valence-electron chi connectivity index (χ3n) is 9.26. The second-order valence-corrected chi connectivity index (χ2v) is 15.2. The Kier molecular flexibility index (Phi) is 11.2. The Labute approximate surface area is 344 Å². The lowest BCUT2D eigenvalue weighted by molar-refractivity contribution is 0.299. The largest absolute Gasteiger partial charge is 0.488 e. The summed E-state index contributed by atoms with van der Waals surface area (Å²) in [6, 6.07) is 52.5. The highest BCUT2D eigenvalue weighted by atomic mass is 32.2. The normalized spacial score (nSPS) is 14.3. The van der Waals surface area contributed by atoms with Crippen LogP contribution >= 0.6 is 23.5 Å². The van der Waals surface area contributed by atoms with Crippen LogP contribution in [0.25, 0.3) is 22.8 Å². The zero-order valence-corrected chi connectivity index (χ0v) is 32.8. The molecule has 2 aromatic heterocycles. The van der Waals surface area contributed by atoms with Gasteiger partial charge in [-0.1, -0.05) is 151 Å². The second kappa shape index (κ2) is 17.6. The minimum absolute atomic E-state index is 0.368. The second-order valence-electron chi connectivity index (χ2n) is 13.3. The van der Waals surface area contributed by atoms with Crippen molar-refractivity contribution < 1.29 is 9.47 Å². The van der Waals surface area contributed by atoms with E-state index in [0.717, 1.165) is 44.5 Å². The van der Waals surface area contributed by atoms with E-state index in [1.54, 1.807) is 32.9 Å². The Hall–Kier alpha value is -6.76. The van der Waals surface area contributed by atoms with Crippen LogP contribution < -0.4 is 9.47 Å². The molecule has 58 heavy (non-hydrogen) atoms. The van der Waals surface area contributed by atoms with E-state index in [-0.39, 0.29) is 0 Å². The Balaban J connectivity index is 1.08. The van der Waals surface area contributed by atoms with Gasteiger partial charge in [0.05, 0.1) is 12.4 Å². The molecular weight excluding hydrogens is 761 g/mol. The molecule has 1 aliphatic heterocycles. The molecule has 0 radical (unpaired) electrons. The summed E-state index contributed by atoms with van der Waals surface area (Å²) in [4.78, 5) is 0. The number of hydrogen-bond acceptors (Lipinski definition) is 10. The van der Waals surface area contributed by atoms with E-state index in [0.29, 0.717) is 58.2 Å². The first kappa shape index (κ1) is 36.9.